The van der Waals surface area contributed by atoms with Gasteiger partial charge in [0.15, 0.2) is 11.2 Å². The molecular weight excluding hydrogens is 437 g/mol. The van der Waals surface area contributed by atoms with Crippen molar-refractivity contribution in [1.29, 1.82) is 10.5 Å². The van der Waals surface area contributed by atoms with Gasteiger partial charge in [-0.3, -0.25) is 4.79 Å². The fraction of sp³-hybridized carbons (Fsp3) is 0.148. The average molecular weight is 454 g/mol. The van der Waals surface area contributed by atoms with Crippen molar-refractivity contribution in [3.63, 3.8) is 0 Å². The molecule has 0 radical (unpaired) electrons. The summed E-state index contributed by atoms with van der Waals surface area (Å²) in [6.45, 7) is 0. The molecule has 0 aliphatic carbocycles. The second-order valence-electron chi connectivity index (χ2n) is 8.21. The highest BCUT2D eigenvalue weighted by atomic mass is 35.5. The standard InChI is InChI=1S/C27H17ClFN3O/c28-20-6-3-5-19(14-20)26(33)25-24(18-8-11-21(29)12-9-18)27(15-30,16-31)23-13-10-17-4-1-2-7-22(17)32(23)25/h1-14,23-25H/t23-,24-,25+/m1/s1. The summed E-state index contributed by atoms with van der Waals surface area (Å²) in [7, 11) is 0. The lowest BCUT2D eigenvalue weighted by atomic mass is 9.69. The number of carbonyl (C=O) groups excluding carboxylic acids is 1. The third kappa shape index (κ3) is 3.13. The zero-order valence-electron chi connectivity index (χ0n) is 17.3. The number of fused-ring (bicyclic) bond motifs is 3. The van der Waals surface area contributed by atoms with Crippen LogP contribution in [0.1, 0.15) is 27.4 Å². The first-order chi connectivity index (χ1) is 16.0. The van der Waals surface area contributed by atoms with Crippen LogP contribution in [0.15, 0.2) is 78.9 Å². The molecule has 2 aliphatic rings. The minimum atomic E-state index is -1.57. The summed E-state index contributed by atoms with van der Waals surface area (Å²) in [4.78, 5) is 15.9. The Morgan fingerprint density at radius 3 is 2.42 bits per heavy atom. The highest BCUT2D eigenvalue weighted by Crippen LogP contribution is 2.55. The van der Waals surface area contributed by atoms with Crippen LogP contribution in [0.5, 0.6) is 0 Å². The summed E-state index contributed by atoms with van der Waals surface area (Å²) < 4.78 is 13.8. The minimum absolute atomic E-state index is 0.255. The van der Waals surface area contributed by atoms with Crippen LogP contribution in [0, 0.1) is 33.9 Å². The molecule has 0 amide bonds. The molecule has 33 heavy (non-hydrogen) atoms. The zero-order valence-corrected chi connectivity index (χ0v) is 18.1. The van der Waals surface area contributed by atoms with E-state index in [4.69, 9.17) is 11.6 Å². The Hall–Kier alpha value is -3.93. The fourth-order valence-electron chi connectivity index (χ4n) is 5.09. The molecule has 0 unspecified atom stereocenters. The molecule has 0 aromatic heterocycles. The normalized spacial score (nSPS) is 22.1. The van der Waals surface area contributed by atoms with Gasteiger partial charge >= 0.3 is 0 Å². The van der Waals surface area contributed by atoms with Gasteiger partial charge in [0, 0.05) is 22.2 Å². The quantitative estimate of drug-likeness (QED) is 0.472. The molecule has 2 heterocycles. The molecule has 0 bridgehead atoms. The number of rotatable bonds is 3. The van der Waals surface area contributed by atoms with Crippen molar-refractivity contribution in [3.05, 3.63) is 106 Å². The third-order valence-electron chi connectivity index (χ3n) is 6.52. The van der Waals surface area contributed by atoms with E-state index in [1.807, 2.05) is 41.3 Å². The van der Waals surface area contributed by atoms with Crippen LogP contribution in [-0.2, 0) is 0 Å². The number of anilines is 1. The molecule has 3 aromatic carbocycles. The Balaban J connectivity index is 1.79. The molecule has 0 saturated carbocycles. The number of Topliss-reactive ketones (excluding diaryl/α,β-unsaturated/α-hetero) is 1. The number of para-hydroxylation sites is 1. The van der Waals surface area contributed by atoms with Gasteiger partial charge in [0.25, 0.3) is 0 Å². The van der Waals surface area contributed by atoms with Crippen LogP contribution in [0.4, 0.5) is 10.1 Å². The van der Waals surface area contributed by atoms with Crippen LogP contribution in [0.3, 0.4) is 0 Å². The highest BCUT2D eigenvalue weighted by Gasteiger charge is 2.63. The van der Waals surface area contributed by atoms with E-state index in [0.29, 0.717) is 16.1 Å². The summed E-state index contributed by atoms with van der Waals surface area (Å²) in [6, 6.07) is 22.8. The number of carbonyl (C=O) groups is 1. The SMILES string of the molecule is N#CC1(C#N)[C@H](c2ccc(F)cc2)[C@@H](C(=O)c2cccc(Cl)c2)N2c3ccccc3C=C[C@@H]21. The summed E-state index contributed by atoms with van der Waals surface area (Å²) in [5, 5.41) is 21.1. The second-order valence-corrected chi connectivity index (χ2v) is 8.65. The Morgan fingerprint density at radius 2 is 1.73 bits per heavy atom. The maximum atomic E-state index is 14.0. The summed E-state index contributed by atoms with van der Waals surface area (Å²) >= 11 is 6.17. The van der Waals surface area contributed by atoms with Gasteiger partial charge in [-0.25, -0.2) is 4.39 Å². The Kier molecular flexibility index (Phi) is 5.01. The zero-order chi connectivity index (χ0) is 23.2. The molecule has 0 spiro atoms. The third-order valence-corrected chi connectivity index (χ3v) is 6.76. The number of benzene rings is 3. The van der Waals surface area contributed by atoms with Gasteiger partial charge in [0.1, 0.15) is 11.9 Å². The molecule has 2 aliphatic heterocycles. The molecular formula is C27H17ClFN3O. The summed E-state index contributed by atoms with van der Waals surface area (Å²) in [5.74, 6) is -1.51. The van der Waals surface area contributed by atoms with Crippen molar-refractivity contribution in [3.8, 4) is 12.1 Å². The van der Waals surface area contributed by atoms with Crippen molar-refractivity contribution in [1.82, 2.24) is 0 Å². The van der Waals surface area contributed by atoms with Crippen LogP contribution in [0.2, 0.25) is 5.02 Å². The molecule has 5 rings (SSSR count). The molecule has 6 heteroatoms. The number of hydrogen-bond acceptors (Lipinski definition) is 4. The first-order valence-corrected chi connectivity index (χ1v) is 10.8. The molecule has 4 nitrogen and oxygen atoms in total. The lowest BCUT2D eigenvalue weighted by molar-refractivity contribution is 0.0951. The van der Waals surface area contributed by atoms with E-state index < -0.39 is 29.2 Å². The maximum Gasteiger partial charge on any atom is 0.186 e. The van der Waals surface area contributed by atoms with Crippen LogP contribution in [0.25, 0.3) is 6.08 Å². The number of nitriles is 2. The molecule has 3 aromatic rings. The van der Waals surface area contributed by atoms with E-state index in [1.54, 1.807) is 36.4 Å². The van der Waals surface area contributed by atoms with Gasteiger partial charge in [-0.15, -0.1) is 0 Å². The van der Waals surface area contributed by atoms with Gasteiger partial charge < -0.3 is 4.90 Å². The smallest absolute Gasteiger partial charge is 0.186 e. The largest absolute Gasteiger partial charge is 0.351 e. The van der Waals surface area contributed by atoms with E-state index in [-0.39, 0.29) is 5.78 Å². The van der Waals surface area contributed by atoms with Crippen molar-refractivity contribution in [2.45, 2.75) is 18.0 Å². The van der Waals surface area contributed by atoms with Crippen LogP contribution >= 0.6 is 11.6 Å². The fourth-order valence-corrected chi connectivity index (χ4v) is 5.28. The molecule has 3 atom stereocenters. The molecule has 160 valence electrons. The molecule has 1 saturated heterocycles. The summed E-state index contributed by atoms with van der Waals surface area (Å²) in [5.41, 5.74) is 1.03. The lowest BCUT2D eigenvalue weighted by Gasteiger charge is -2.35. The first-order valence-electron chi connectivity index (χ1n) is 10.4. The monoisotopic (exact) mass is 453 g/mol. The van der Waals surface area contributed by atoms with Crippen molar-refractivity contribution < 1.29 is 9.18 Å². The van der Waals surface area contributed by atoms with E-state index >= 15 is 0 Å². The Labute approximate surface area is 195 Å². The van der Waals surface area contributed by atoms with Gasteiger partial charge in [-0.05, 0) is 41.5 Å². The van der Waals surface area contributed by atoms with E-state index in [9.17, 15) is 19.7 Å². The van der Waals surface area contributed by atoms with E-state index in [2.05, 4.69) is 12.1 Å². The average Bonchev–Trinajstić information content (AvgIpc) is 3.15. The van der Waals surface area contributed by atoms with Crippen molar-refractivity contribution in [2.24, 2.45) is 5.41 Å². The van der Waals surface area contributed by atoms with Crippen molar-refractivity contribution in [2.75, 3.05) is 4.90 Å². The first kappa shape index (κ1) is 20.9. The summed E-state index contributed by atoms with van der Waals surface area (Å²) in [6.07, 6.45) is 3.70. The van der Waals surface area contributed by atoms with Gasteiger partial charge in [0.2, 0.25) is 0 Å². The molecule has 0 N–H and O–H groups in total. The number of halogens is 2. The Morgan fingerprint density at radius 1 is 1.00 bits per heavy atom. The predicted octanol–water partition coefficient (Wildman–Crippen LogP) is 5.76. The van der Waals surface area contributed by atoms with Gasteiger partial charge in [-0.1, -0.05) is 66.2 Å². The lowest BCUT2D eigenvalue weighted by Crippen LogP contribution is -2.44. The van der Waals surface area contributed by atoms with Gasteiger partial charge in [0.05, 0.1) is 18.2 Å². The predicted molar refractivity (Wildman–Crippen MR) is 124 cm³/mol. The Bertz CT molecular complexity index is 1360. The number of ketones is 1. The van der Waals surface area contributed by atoms with Gasteiger partial charge in [-0.2, -0.15) is 10.5 Å². The van der Waals surface area contributed by atoms with Crippen LogP contribution < -0.4 is 4.90 Å². The number of hydrogen-bond donors (Lipinski definition) is 0. The van der Waals surface area contributed by atoms with Crippen LogP contribution in [-0.4, -0.2) is 17.9 Å². The highest BCUT2D eigenvalue weighted by molar-refractivity contribution is 6.31. The van der Waals surface area contributed by atoms with Crippen molar-refractivity contribution >= 4 is 29.1 Å². The number of nitrogens with zero attached hydrogens (tertiary/aromatic N) is 3. The maximum absolute atomic E-state index is 14.0. The topological polar surface area (TPSA) is 67.9 Å². The van der Waals surface area contributed by atoms with E-state index in [1.165, 1.54) is 12.1 Å². The second kappa shape index (κ2) is 7.89. The minimum Gasteiger partial charge on any atom is -0.351 e. The molecule has 1 fully saturated rings. The van der Waals surface area contributed by atoms with E-state index in [0.717, 1.165) is 11.3 Å².